The minimum absolute atomic E-state index is 0.0207. The molecule has 0 amide bonds. The summed E-state index contributed by atoms with van der Waals surface area (Å²) >= 11 is 0. The highest BCUT2D eigenvalue weighted by Gasteiger charge is 2.45. The first-order chi connectivity index (χ1) is 20.5. The molecule has 3 fully saturated rings. The third-order valence-electron chi connectivity index (χ3n) is 9.02. The molecule has 42 heavy (non-hydrogen) atoms. The van der Waals surface area contributed by atoms with E-state index in [4.69, 9.17) is 16.1 Å². The second-order valence-electron chi connectivity index (χ2n) is 11.3. The summed E-state index contributed by atoms with van der Waals surface area (Å²) in [4.78, 5) is 20.1. The van der Waals surface area contributed by atoms with Crippen molar-refractivity contribution in [3.8, 4) is 41.6 Å². The van der Waals surface area contributed by atoms with Crippen LogP contribution in [0.15, 0.2) is 36.5 Å². The lowest BCUT2D eigenvalue weighted by Gasteiger charge is -2.33. The van der Waals surface area contributed by atoms with Gasteiger partial charge in [0.1, 0.15) is 29.4 Å². The third kappa shape index (κ3) is 4.31. The molecule has 3 aliphatic heterocycles. The Balaban J connectivity index is 1.36. The average Bonchev–Trinajstić information content (AvgIpc) is 3.60. The Morgan fingerprint density at radius 3 is 2.60 bits per heavy atom. The minimum Gasteiger partial charge on any atom is -0.508 e. The number of hydrogen-bond donors (Lipinski definition) is 1. The first-order valence-electron chi connectivity index (χ1n) is 14.4. The Morgan fingerprint density at radius 2 is 1.86 bits per heavy atom. The Labute approximate surface area is 243 Å². The molecule has 1 N–H and O–H groups in total. The Morgan fingerprint density at radius 1 is 1.07 bits per heavy atom. The molecular weight excluding hydrogens is 533 g/mol. The molecule has 2 aromatic carbocycles. The normalized spacial score (nSPS) is 18.3. The molecule has 212 valence electrons. The van der Waals surface area contributed by atoms with E-state index >= 15 is 4.39 Å². The number of pyridine rings is 1. The second-order valence-corrected chi connectivity index (χ2v) is 11.3. The van der Waals surface area contributed by atoms with Gasteiger partial charge in [0.15, 0.2) is 12.0 Å². The third-order valence-corrected chi connectivity index (χ3v) is 9.02. The number of aromatic hydroxyl groups is 1. The Kier molecular flexibility index (Phi) is 6.44. The summed E-state index contributed by atoms with van der Waals surface area (Å²) in [7, 11) is 0. The average molecular weight is 564 g/mol. The number of halogens is 1. The number of piperazine rings is 1. The van der Waals surface area contributed by atoms with Gasteiger partial charge in [-0.25, -0.2) is 4.39 Å². The molecule has 0 atom stereocenters. The van der Waals surface area contributed by atoms with Gasteiger partial charge < -0.3 is 19.6 Å². The summed E-state index contributed by atoms with van der Waals surface area (Å²) in [5, 5.41) is 21.6. The van der Waals surface area contributed by atoms with E-state index in [1.807, 2.05) is 11.0 Å². The smallest absolute Gasteiger partial charge is 0.319 e. The fourth-order valence-electron chi connectivity index (χ4n) is 6.91. The quantitative estimate of drug-likeness (QED) is 0.282. The highest BCUT2D eigenvalue weighted by atomic mass is 19.1. The molecule has 0 radical (unpaired) electrons. The van der Waals surface area contributed by atoms with Gasteiger partial charge in [0, 0.05) is 48.9 Å². The van der Waals surface area contributed by atoms with Crippen LogP contribution in [0.2, 0.25) is 0 Å². The maximum atomic E-state index is 16.6. The summed E-state index contributed by atoms with van der Waals surface area (Å²) in [5.41, 5.74) is 1.06. The fraction of sp³-hybridized carbons (Fsp3) is 0.375. The van der Waals surface area contributed by atoms with Gasteiger partial charge in [-0.05, 0) is 62.4 Å². The number of benzene rings is 2. The van der Waals surface area contributed by atoms with Crippen molar-refractivity contribution in [1.82, 2.24) is 24.8 Å². The van der Waals surface area contributed by atoms with Crippen LogP contribution >= 0.6 is 0 Å². The van der Waals surface area contributed by atoms with E-state index in [-0.39, 0.29) is 28.5 Å². The van der Waals surface area contributed by atoms with E-state index in [1.54, 1.807) is 29.3 Å². The van der Waals surface area contributed by atoms with Crippen LogP contribution < -0.4 is 9.64 Å². The van der Waals surface area contributed by atoms with Crippen molar-refractivity contribution < 1.29 is 14.2 Å². The highest BCUT2D eigenvalue weighted by Crippen LogP contribution is 2.40. The van der Waals surface area contributed by atoms with E-state index in [0.29, 0.717) is 65.9 Å². The predicted octanol–water partition coefficient (Wildman–Crippen LogP) is 4.28. The number of fused-ring (bicyclic) bond motifs is 3. The molecule has 2 aromatic heterocycles. The Hall–Kier alpha value is -4.67. The highest BCUT2D eigenvalue weighted by molar-refractivity contribution is 6.02. The summed E-state index contributed by atoms with van der Waals surface area (Å²) in [6.07, 6.45) is 14.0. The van der Waals surface area contributed by atoms with Crippen LogP contribution in [0.5, 0.6) is 11.8 Å². The number of hydrogen-bond acceptors (Lipinski definition) is 9. The molecule has 7 rings (SSSR count). The van der Waals surface area contributed by atoms with E-state index in [0.717, 1.165) is 38.8 Å². The summed E-state index contributed by atoms with van der Waals surface area (Å²) < 4.78 is 22.9. The lowest BCUT2D eigenvalue weighted by atomic mass is 9.95. The lowest BCUT2D eigenvalue weighted by Crippen LogP contribution is -2.45. The SMILES string of the molecule is C#Cc1cccc2cc(O)cc(-c3ncc4c(N5CCN(C#N)CC5)nc(OCC56CCCN5CCC6)nc4c3F)c12. The molecule has 4 aromatic rings. The second kappa shape index (κ2) is 10.3. The van der Waals surface area contributed by atoms with Crippen molar-refractivity contribution >= 4 is 27.5 Å². The molecule has 0 aliphatic carbocycles. The summed E-state index contributed by atoms with van der Waals surface area (Å²) in [6, 6.07) is 8.60. The molecule has 0 unspecified atom stereocenters. The molecule has 0 saturated carbocycles. The number of phenolic OH excluding ortho intramolecular Hbond substituents is 1. The first-order valence-corrected chi connectivity index (χ1v) is 14.4. The monoisotopic (exact) mass is 563 g/mol. The number of rotatable bonds is 5. The van der Waals surface area contributed by atoms with E-state index in [1.165, 1.54) is 6.07 Å². The van der Waals surface area contributed by atoms with Crippen molar-refractivity contribution in [3.05, 3.63) is 47.9 Å². The number of nitriles is 1. The standard InChI is InChI=1S/C32H30FN7O2/c1-2-21-6-3-7-22-16-23(41)17-24(26(21)22)28-27(33)29-25(18-35-28)30(39-14-12-38(20-34)13-15-39)37-31(36-29)42-19-32-8-4-10-40(32)11-5-9-32/h1,3,6-7,16-18,41H,4-5,8-15,19H2. The number of ether oxygens (including phenoxy) is 1. The number of nitrogens with zero attached hydrogens (tertiary/aromatic N) is 7. The topological polar surface area (TPSA) is 102 Å². The van der Waals surface area contributed by atoms with Crippen molar-refractivity contribution in [2.75, 3.05) is 50.8 Å². The molecule has 0 bridgehead atoms. The zero-order valence-electron chi connectivity index (χ0n) is 23.2. The van der Waals surface area contributed by atoms with E-state index < -0.39 is 5.82 Å². The van der Waals surface area contributed by atoms with Crippen molar-refractivity contribution in [2.24, 2.45) is 0 Å². The van der Waals surface area contributed by atoms with Gasteiger partial charge in [-0.3, -0.25) is 9.88 Å². The minimum atomic E-state index is -0.642. The molecule has 5 heterocycles. The zero-order valence-corrected chi connectivity index (χ0v) is 23.2. The molecule has 9 nitrogen and oxygen atoms in total. The zero-order chi connectivity index (χ0) is 28.8. The van der Waals surface area contributed by atoms with E-state index in [2.05, 4.69) is 27.0 Å². The van der Waals surface area contributed by atoms with Crippen LogP contribution in [-0.4, -0.2) is 81.3 Å². The Bertz CT molecular complexity index is 1780. The molecule has 3 saturated heterocycles. The molecule has 3 aliphatic rings. The van der Waals surface area contributed by atoms with Crippen molar-refractivity contribution in [2.45, 2.75) is 31.2 Å². The number of aromatic nitrogens is 3. The van der Waals surface area contributed by atoms with Crippen LogP contribution in [0.4, 0.5) is 10.2 Å². The van der Waals surface area contributed by atoms with Crippen LogP contribution in [0, 0.1) is 29.6 Å². The largest absolute Gasteiger partial charge is 0.508 e. The first kappa shape index (κ1) is 26.2. The van der Waals surface area contributed by atoms with Crippen LogP contribution in [-0.2, 0) is 0 Å². The van der Waals surface area contributed by atoms with Gasteiger partial charge >= 0.3 is 6.01 Å². The maximum Gasteiger partial charge on any atom is 0.319 e. The van der Waals surface area contributed by atoms with Gasteiger partial charge in [0.25, 0.3) is 0 Å². The van der Waals surface area contributed by atoms with Gasteiger partial charge in [-0.15, -0.1) is 6.42 Å². The van der Waals surface area contributed by atoms with Gasteiger partial charge in [0.2, 0.25) is 0 Å². The fourth-order valence-corrected chi connectivity index (χ4v) is 6.91. The van der Waals surface area contributed by atoms with Crippen LogP contribution in [0.1, 0.15) is 31.2 Å². The maximum absolute atomic E-state index is 16.6. The molecular formula is C32H30FN7O2. The number of anilines is 1. The summed E-state index contributed by atoms with van der Waals surface area (Å²) in [5.74, 6) is 2.54. The molecule has 0 spiro atoms. The van der Waals surface area contributed by atoms with Gasteiger partial charge in [-0.2, -0.15) is 15.2 Å². The van der Waals surface area contributed by atoms with E-state index in [9.17, 15) is 10.4 Å². The van der Waals surface area contributed by atoms with Gasteiger partial charge in [-0.1, -0.05) is 18.1 Å². The molecule has 10 heteroatoms. The van der Waals surface area contributed by atoms with Crippen LogP contribution in [0.3, 0.4) is 0 Å². The van der Waals surface area contributed by atoms with Crippen molar-refractivity contribution in [3.63, 3.8) is 0 Å². The van der Waals surface area contributed by atoms with Gasteiger partial charge in [0.05, 0.1) is 10.9 Å². The number of phenols is 1. The number of terminal acetylenes is 1. The lowest BCUT2D eigenvalue weighted by molar-refractivity contribution is 0.108. The van der Waals surface area contributed by atoms with Crippen LogP contribution in [0.25, 0.3) is 32.9 Å². The van der Waals surface area contributed by atoms with Crippen molar-refractivity contribution in [1.29, 1.82) is 5.26 Å². The predicted molar refractivity (Wildman–Crippen MR) is 157 cm³/mol. The summed E-state index contributed by atoms with van der Waals surface area (Å²) in [6.45, 7) is 4.74.